The van der Waals surface area contributed by atoms with Crippen molar-refractivity contribution in [1.29, 1.82) is 0 Å². The quantitative estimate of drug-likeness (QED) is 0.757. The molecule has 0 bridgehead atoms. The Morgan fingerprint density at radius 2 is 1.74 bits per heavy atom. The molecule has 0 spiro atoms. The van der Waals surface area contributed by atoms with Crippen LogP contribution in [0.4, 0.5) is 5.69 Å². The van der Waals surface area contributed by atoms with Crippen molar-refractivity contribution in [2.75, 3.05) is 19.1 Å². The third-order valence-corrected chi connectivity index (χ3v) is 6.38. The van der Waals surface area contributed by atoms with Crippen LogP contribution in [0.3, 0.4) is 0 Å². The molecule has 31 heavy (non-hydrogen) atoms. The molecular weight excluding hydrogens is 398 g/mol. The number of ether oxygens (including phenoxy) is 2. The largest absolute Gasteiger partial charge is 0.497 e. The zero-order chi connectivity index (χ0) is 21.9. The first kappa shape index (κ1) is 19.2. The standard InChI is InChI=1S/C23H21N3O5/c1-30-13-7-8-15(16(11-13)31-2)26-22(28)17-18(23(26)29)20(21(24)27)25-10-9-12-5-3-4-6-14(12)19(17)25/h3-11,17-20H,1-2H3,(H2,24,27). The van der Waals surface area contributed by atoms with Crippen molar-refractivity contribution in [3.8, 4) is 11.5 Å². The van der Waals surface area contributed by atoms with Crippen LogP contribution in [0.25, 0.3) is 6.08 Å². The molecule has 3 aliphatic rings. The van der Waals surface area contributed by atoms with E-state index >= 15 is 0 Å². The van der Waals surface area contributed by atoms with E-state index in [1.54, 1.807) is 29.3 Å². The Bertz CT molecular complexity index is 1140. The van der Waals surface area contributed by atoms with Crippen molar-refractivity contribution in [2.45, 2.75) is 12.1 Å². The maximum absolute atomic E-state index is 13.7. The maximum Gasteiger partial charge on any atom is 0.240 e. The zero-order valence-corrected chi connectivity index (χ0v) is 17.0. The number of fused-ring (bicyclic) bond motifs is 5. The fourth-order valence-electron chi connectivity index (χ4n) is 5.09. The minimum atomic E-state index is -0.912. The van der Waals surface area contributed by atoms with E-state index in [2.05, 4.69) is 0 Å². The molecule has 3 aliphatic heterocycles. The number of nitrogens with two attached hydrogens (primary N) is 1. The smallest absolute Gasteiger partial charge is 0.240 e. The summed E-state index contributed by atoms with van der Waals surface area (Å²) in [5.74, 6) is -2.21. The number of hydrogen-bond acceptors (Lipinski definition) is 6. The molecule has 3 amide bonds. The van der Waals surface area contributed by atoms with Crippen LogP contribution in [0.15, 0.2) is 48.7 Å². The summed E-state index contributed by atoms with van der Waals surface area (Å²) in [6, 6.07) is 11.2. The number of anilines is 1. The normalized spacial score (nSPS) is 25.9. The average molecular weight is 419 g/mol. The van der Waals surface area contributed by atoms with Crippen LogP contribution in [0.5, 0.6) is 11.5 Å². The predicted molar refractivity (Wildman–Crippen MR) is 112 cm³/mol. The second-order valence-electron chi connectivity index (χ2n) is 7.79. The molecule has 2 aromatic carbocycles. The van der Waals surface area contributed by atoms with Crippen molar-refractivity contribution < 1.29 is 23.9 Å². The number of carbonyl (C=O) groups is 3. The summed E-state index contributed by atoms with van der Waals surface area (Å²) in [6.07, 6.45) is 3.64. The molecule has 2 aromatic rings. The monoisotopic (exact) mass is 419 g/mol. The molecule has 2 fully saturated rings. The van der Waals surface area contributed by atoms with E-state index in [4.69, 9.17) is 15.2 Å². The Labute approximate surface area is 178 Å². The van der Waals surface area contributed by atoms with Crippen LogP contribution in [-0.4, -0.2) is 42.9 Å². The molecule has 2 saturated heterocycles. The Morgan fingerprint density at radius 1 is 1.00 bits per heavy atom. The number of hydrogen-bond donors (Lipinski definition) is 1. The first-order chi connectivity index (χ1) is 15.0. The maximum atomic E-state index is 13.7. The van der Waals surface area contributed by atoms with Gasteiger partial charge in [0.05, 0.1) is 37.8 Å². The number of primary amides is 1. The molecule has 5 rings (SSSR count). The predicted octanol–water partition coefficient (Wildman–Crippen LogP) is 1.70. The van der Waals surface area contributed by atoms with Gasteiger partial charge in [0.25, 0.3) is 0 Å². The van der Waals surface area contributed by atoms with Crippen molar-refractivity contribution in [3.63, 3.8) is 0 Å². The lowest BCUT2D eigenvalue weighted by Crippen LogP contribution is -2.46. The molecule has 0 aromatic heterocycles. The fraction of sp³-hybridized carbons (Fsp3) is 0.261. The fourth-order valence-corrected chi connectivity index (χ4v) is 5.09. The third-order valence-electron chi connectivity index (χ3n) is 6.38. The molecule has 4 atom stereocenters. The number of methoxy groups -OCH3 is 2. The van der Waals surface area contributed by atoms with Gasteiger partial charge in [-0.25, -0.2) is 4.90 Å². The Balaban J connectivity index is 1.64. The van der Waals surface area contributed by atoms with Gasteiger partial charge in [0.15, 0.2) is 0 Å². The van der Waals surface area contributed by atoms with E-state index in [9.17, 15) is 14.4 Å². The molecular formula is C23H21N3O5. The van der Waals surface area contributed by atoms with E-state index in [-0.39, 0.29) is 5.91 Å². The van der Waals surface area contributed by atoms with Gasteiger partial charge >= 0.3 is 0 Å². The number of rotatable bonds is 4. The van der Waals surface area contributed by atoms with Gasteiger partial charge in [-0.1, -0.05) is 24.3 Å². The van der Waals surface area contributed by atoms with E-state index in [1.165, 1.54) is 14.2 Å². The lowest BCUT2D eigenvalue weighted by Gasteiger charge is -2.34. The number of imide groups is 1. The Morgan fingerprint density at radius 3 is 2.45 bits per heavy atom. The van der Waals surface area contributed by atoms with Crippen molar-refractivity contribution in [1.82, 2.24) is 4.90 Å². The number of nitrogens with zero attached hydrogens (tertiary/aromatic N) is 2. The van der Waals surface area contributed by atoms with Crippen molar-refractivity contribution in [3.05, 3.63) is 59.8 Å². The average Bonchev–Trinajstić information content (AvgIpc) is 3.26. The molecule has 0 saturated carbocycles. The zero-order valence-electron chi connectivity index (χ0n) is 17.0. The lowest BCUT2D eigenvalue weighted by atomic mass is 9.84. The van der Waals surface area contributed by atoms with Crippen LogP contribution in [0.2, 0.25) is 0 Å². The summed E-state index contributed by atoms with van der Waals surface area (Å²) in [5.41, 5.74) is 7.90. The van der Waals surface area contributed by atoms with Gasteiger partial charge in [-0.05, 0) is 29.3 Å². The summed E-state index contributed by atoms with van der Waals surface area (Å²) < 4.78 is 10.6. The second kappa shape index (κ2) is 6.87. The highest BCUT2D eigenvalue weighted by atomic mass is 16.5. The Hall–Kier alpha value is -3.81. The summed E-state index contributed by atoms with van der Waals surface area (Å²) in [4.78, 5) is 42.5. The van der Waals surface area contributed by atoms with Gasteiger partial charge in [-0.15, -0.1) is 0 Å². The van der Waals surface area contributed by atoms with Gasteiger partial charge < -0.3 is 20.1 Å². The lowest BCUT2D eigenvalue weighted by molar-refractivity contribution is -0.129. The van der Waals surface area contributed by atoms with Gasteiger partial charge in [-0.2, -0.15) is 0 Å². The minimum Gasteiger partial charge on any atom is -0.497 e. The molecule has 8 nitrogen and oxygen atoms in total. The molecule has 3 heterocycles. The van der Waals surface area contributed by atoms with Gasteiger partial charge in [0.2, 0.25) is 17.7 Å². The van der Waals surface area contributed by atoms with Gasteiger partial charge in [-0.3, -0.25) is 14.4 Å². The highest BCUT2D eigenvalue weighted by Gasteiger charge is 2.64. The second-order valence-corrected chi connectivity index (χ2v) is 7.79. The van der Waals surface area contributed by atoms with Crippen molar-refractivity contribution >= 4 is 29.5 Å². The van der Waals surface area contributed by atoms with Gasteiger partial charge in [0.1, 0.15) is 17.5 Å². The number of benzene rings is 2. The number of amides is 3. The summed E-state index contributed by atoms with van der Waals surface area (Å²) in [6.45, 7) is 0. The van der Waals surface area contributed by atoms with Gasteiger partial charge in [0, 0.05) is 12.3 Å². The SMILES string of the molecule is COc1ccc(N2C(=O)C3C(C2=O)C2c4ccccc4C=CN2C3C(N)=O)c(OC)c1. The summed E-state index contributed by atoms with van der Waals surface area (Å²) in [5, 5.41) is 0. The van der Waals surface area contributed by atoms with Crippen LogP contribution < -0.4 is 20.1 Å². The van der Waals surface area contributed by atoms with Crippen LogP contribution >= 0.6 is 0 Å². The topological polar surface area (TPSA) is 102 Å². The van der Waals surface area contributed by atoms with E-state index in [0.29, 0.717) is 17.2 Å². The van der Waals surface area contributed by atoms with Crippen molar-refractivity contribution in [2.24, 2.45) is 17.6 Å². The van der Waals surface area contributed by atoms with E-state index in [1.807, 2.05) is 30.3 Å². The van der Waals surface area contributed by atoms with Crippen LogP contribution in [0.1, 0.15) is 17.2 Å². The summed E-state index contributed by atoms with van der Waals surface area (Å²) >= 11 is 0. The minimum absolute atomic E-state index is 0.321. The first-order valence-corrected chi connectivity index (χ1v) is 9.91. The highest BCUT2D eigenvalue weighted by Crippen LogP contribution is 2.53. The van der Waals surface area contributed by atoms with Crippen LogP contribution in [-0.2, 0) is 14.4 Å². The highest BCUT2D eigenvalue weighted by molar-refractivity contribution is 6.24. The molecule has 0 aliphatic carbocycles. The number of carbonyl (C=O) groups excluding carboxylic acids is 3. The molecule has 2 N–H and O–H groups in total. The molecule has 0 radical (unpaired) electrons. The van der Waals surface area contributed by atoms with Crippen LogP contribution in [0, 0.1) is 11.8 Å². The molecule has 8 heteroatoms. The molecule has 4 unspecified atom stereocenters. The first-order valence-electron chi connectivity index (χ1n) is 9.91. The third kappa shape index (κ3) is 2.57. The Kier molecular flexibility index (Phi) is 4.25. The van der Waals surface area contributed by atoms with E-state index < -0.39 is 35.7 Å². The summed E-state index contributed by atoms with van der Waals surface area (Å²) in [7, 11) is 2.98. The van der Waals surface area contributed by atoms with E-state index in [0.717, 1.165) is 16.0 Å². The molecule has 158 valence electrons.